The number of methoxy groups -OCH3 is 1. The van der Waals surface area contributed by atoms with Crippen molar-refractivity contribution in [1.82, 2.24) is 0 Å². The molecule has 1 aliphatic heterocycles. The van der Waals surface area contributed by atoms with Crippen LogP contribution in [0, 0.1) is 5.92 Å². The van der Waals surface area contributed by atoms with Crippen molar-refractivity contribution in [3.05, 3.63) is 39.5 Å². The van der Waals surface area contributed by atoms with Crippen molar-refractivity contribution in [2.75, 3.05) is 13.7 Å². The van der Waals surface area contributed by atoms with Crippen LogP contribution in [-0.4, -0.2) is 31.2 Å². The molecule has 0 bridgehead atoms. The number of allylic oxidation sites excluding steroid dienone is 2. The number of rotatable bonds is 4. The molecular weight excluding hydrogens is 398 g/mol. The number of Topliss-reactive ketones (excluding diaryl/α,β-unsaturated/α-hetero) is 1. The van der Waals surface area contributed by atoms with Gasteiger partial charge in [0.05, 0.1) is 18.2 Å². The molecule has 1 aromatic carbocycles. The van der Waals surface area contributed by atoms with Crippen LogP contribution in [0.15, 0.2) is 38.9 Å². The van der Waals surface area contributed by atoms with Crippen LogP contribution in [0.4, 0.5) is 0 Å². The van der Waals surface area contributed by atoms with Crippen LogP contribution in [0.2, 0.25) is 0 Å². The van der Waals surface area contributed by atoms with E-state index in [-0.39, 0.29) is 17.7 Å². The molecule has 1 heterocycles. The lowest BCUT2D eigenvalue weighted by Crippen LogP contribution is -2.37. The number of hydrogen-bond acceptors (Lipinski definition) is 5. The minimum Gasteiger partial charge on any atom is -0.496 e. The number of halogens is 1. The molecule has 0 aromatic heterocycles. The lowest BCUT2D eigenvalue weighted by Gasteiger charge is -2.34. The normalized spacial score (nSPS) is 22.6. The highest BCUT2D eigenvalue weighted by Gasteiger charge is 2.43. The summed E-state index contributed by atoms with van der Waals surface area (Å²) in [5.41, 5.74) is 3.06. The molecule has 5 nitrogen and oxygen atoms in total. The molecule has 0 saturated carbocycles. The second-order valence-electron chi connectivity index (χ2n) is 6.49. The average Bonchev–Trinajstić information content (AvgIpc) is 2.60. The Morgan fingerprint density at radius 1 is 1.35 bits per heavy atom. The highest BCUT2D eigenvalue weighted by molar-refractivity contribution is 9.10. The van der Waals surface area contributed by atoms with Crippen molar-refractivity contribution in [3.63, 3.8) is 0 Å². The minimum absolute atomic E-state index is 0.0775. The Hall–Kier alpha value is -1.95. The van der Waals surface area contributed by atoms with Crippen LogP contribution in [-0.2, 0) is 14.3 Å². The van der Waals surface area contributed by atoms with E-state index in [2.05, 4.69) is 20.9 Å². The SMILES string of the molecule is CCOC(=O)C1C(C)=NC2=C(C(=O)CCC2)[C@@H]1c1ccc(OC)c(Br)c1. The van der Waals surface area contributed by atoms with Gasteiger partial charge < -0.3 is 9.47 Å². The van der Waals surface area contributed by atoms with Crippen molar-refractivity contribution in [3.8, 4) is 5.75 Å². The highest BCUT2D eigenvalue weighted by atomic mass is 79.9. The molecule has 2 atom stereocenters. The van der Waals surface area contributed by atoms with Crippen LogP contribution < -0.4 is 4.74 Å². The molecule has 0 N–H and O–H groups in total. The van der Waals surface area contributed by atoms with Gasteiger partial charge in [0.15, 0.2) is 5.78 Å². The zero-order valence-corrected chi connectivity index (χ0v) is 16.8. The van der Waals surface area contributed by atoms with Gasteiger partial charge in [-0.3, -0.25) is 14.6 Å². The molecular formula is C20H22BrNO4. The number of carbonyl (C=O) groups is 2. The van der Waals surface area contributed by atoms with Crippen molar-refractivity contribution >= 4 is 33.4 Å². The molecule has 1 aromatic rings. The third-order valence-electron chi connectivity index (χ3n) is 4.91. The number of nitrogens with zero attached hydrogens (tertiary/aromatic N) is 1. The zero-order valence-electron chi connectivity index (χ0n) is 15.2. The third kappa shape index (κ3) is 3.34. The molecule has 0 fully saturated rings. The summed E-state index contributed by atoms with van der Waals surface area (Å²) in [7, 11) is 1.60. The number of ether oxygens (including phenoxy) is 2. The first-order valence-electron chi connectivity index (χ1n) is 8.79. The van der Waals surface area contributed by atoms with Crippen LogP contribution in [0.1, 0.15) is 44.6 Å². The fraction of sp³-hybridized carbons (Fsp3) is 0.450. The van der Waals surface area contributed by atoms with E-state index in [0.717, 1.165) is 28.6 Å². The second kappa shape index (κ2) is 7.74. The average molecular weight is 420 g/mol. The lowest BCUT2D eigenvalue weighted by molar-refractivity contribution is -0.146. The monoisotopic (exact) mass is 419 g/mol. The Bertz CT molecular complexity index is 812. The van der Waals surface area contributed by atoms with Crippen LogP contribution in [0.25, 0.3) is 0 Å². The number of hydrogen-bond donors (Lipinski definition) is 0. The number of esters is 1. The summed E-state index contributed by atoms with van der Waals surface area (Å²) in [4.78, 5) is 30.1. The molecule has 0 radical (unpaired) electrons. The van der Waals surface area contributed by atoms with Gasteiger partial charge in [0.25, 0.3) is 0 Å². The van der Waals surface area contributed by atoms with Gasteiger partial charge in [0.2, 0.25) is 0 Å². The van der Waals surface area contributed by atoms with Crippen LogP contribution in [0.3, 0.4) is 0 Å². The topological polar surface area (TPSA) is 65.0 Å². The van der Waals surface area contributed by atoms with Crippen LogP contribution >= 0.6 is 15.9 Å². The Kier molecular flexibility index (Phi) is 5.61. The largest absolute Gasteiger partial charge is 0.496 e. The van der Waals surface area contributed by atoms with Crippen LogP contribution in [0.5, 0.6) is 5.75 Å². The summed E-state index contributed by atoms with van der Waals surface area (Å²) in [5, 5.41) is 0. The highest BCUT2D eigenvalue weighted by Crippen LogP contribution is 2.44. The fourth-order valence-electron chi connectivity index (χ4n) is 3.78. The summed E-state index contributed by atoms with van der Waals surface area (Å²) < 4.78 is 11.4. The van der Waals surface area contributed by atoms with E-state index in [0.29, 0.717) is 30.1 Å². The molecule has 0 spiro atoms. The maximum Gasteiger partial charge on any atom is 0.315 e. The Labute approximate surface area is 161 Å². The van der Waals surface area contributed by atoms with E-state index in [4.69, 9.17) is 9.47 Å². The standard InChI is InChI=1S/C20H22BrNO4/c1-4-26-20(24)17-11(2)22-14-6-5-7-15(23)19(14)18(17)12-8-9-16(25-3)13(21)10-12/h8-10,17-18H,4-7H2,1-3H3/t17?,18-/m1/s1. The van der Waals surface area contributed by atoms with Gasteiger partial charge in [-0.25, -0.2) is 0 Å². The van der Waals surface area contributed by atoms with Gasteiger partial charge in [0, 0.05) is 29.3 Å². The van der Waals surface area contributed by atoms with Gasteiger partial charge in [-0.1, -0.05) is 6.07 Å². The first-order valence-corrected chi connectivity index (χ1v) is 9.58. The number of carbonyl (C=O) groups excluding carboxylic acids is 2. The van der Waals surface area contributed by atoms with Crippen molar-refractivity contribution in [2.24, 2.45) is 10.9 Å². The Balaban J connectivity index is 2.15. The molecule has 0 saturated heterocycles. The van der Waals surface area contributed by atoms with Gasteiger partial charge in [-0.15, -0.1) is 0 Å². The predicted molar refractivity (Wildman–Crippen MR) is 103 cm³/mol. The maximum absolute atomic E-state index is 12.7. The number of aliphatic imine (C=N–C) groups is 1. The maximum atomic E-state index is 12.7. The van der Waals surface area contributed by atoms with Gasteiger partial charge in [-0.2, -0.15) is 0 Å². The predicted octanol–water partition coefficient (Wildman–Crippen LogP) is 4.20. The minimum atomic E-state index is -0.587. The van der Waals surface area contributed by atoms with E-state index in [9.17, 15) is 9.59 Å². The van der Waals surface area contributed by atoms with Crippen molar-refractivity contribution < 1.29 is 19.1 Å². The number of benzene rings is 1. The quantitative estimate of drug-likeness (QED) is 0.685. The fourth-order valence-corrected chi connectivity index (χ4v) is 4.34. The molecule has 26 heavy (non-hydrogen) atoms. The first-order chi connectivity index (χ1) is 12.5. The Morgan fingerprint density at radius 2 is 2.12 bits per heavy atom. The van der Waals surface area contributed by atoms with E-state index in [1.807, 2.05) is 25.1 Å². The van der Waals surface area contributed by atoms with Gasteiger partial charge >= 0.3 is 5.97 Å². The molecule has 6 heteroatoms. The third-order valence-corrected chi connectivity index (χ3v) is 5.53. The van der Waals surface area contributed by atoms with Gasteiger partial charge in [-0.05, 0) is 60.3 Å². The van der Waals surface area contributed by atoms with Crippen molar-refractivity contribution in [1.29, 1.82) is 0 Å². The number of ketones is 1. The van der Waals surface area contributed by atoms with E-state index in [1.165, 1.54) is 0 Å². The lowest BCUT2D eigenvalue weighted by atomic mass is 9.72. The molecule has 3 rings (SSSR count). The smallest absolute Gasteiger partial charge is 0.315 e. The second-order valence-corrected chi connectivity index (χ2v) is 7.35. The summed E-state index contributed by atoms with van der Waals surface area (Å²) >= 11 is 3.51. The molecule has 138 valence electrons. The van der Waals surface area contributed by atoms with Crippen molar-refractivity contribution in [2.45, 2.75) is 39.0 Å². The summed E-state index contributed by atoms with van der Waals surface area (Å²) in [6.45, 7) is 3.92. The first kappa shape index (κ1) is 18.8. The zero-order chi connectivity index (χ0) is 18.8. The summed E-state index contributed by atoms with van der Waals surface area (Å²) in [6.07, 6.45) is 2.07. The van der Waals surface area contributed by atoms with E-state index < -0.39 is 5.92 Å². The molecule has 2 aliphatic rings. The van der Waals surface area contributed by atoms with E-state index in [1.54, 1.807) is 14.0 Å². The van der Waals surface area contributed by atoms with Gasteiger partial charge in [0.1, 0.15) is 11.7 Å². The summed E-state index contributed by atoms with van der Waals surface area (Å²) in [5.74, 6) is -0.524. The molecule has 1 aliphatic carbocycles. The molecule has 0 amide bonds. The van der Waals surface area contributed by atoms with E-state index >= 15 is 0 Å². The summed E-state index contributed by atoms with van der Waals surface area (Å²) in [6, 6.07) is 5.67. The molecule has 1 unspecified atom stereocenters. The Morgan fingerprint density at radius 3 is 2.77 bits per heavy atom.